The van der Waals surface area contributed by atoms with E-state index in [1.807, 2.05) is 0 Å². The Morgan fingerprint density at radius 1 is 1.25 bits per heavy atom. The Labute approximate surface area is 67.4 Å². The summed E-state index contributed by atoms with van der Waals surface area (Å²) in [5.74, 6) is -2.80. The van der Waals surface area contributed by atoms with Gasteiger partial charge in [0.25, 0.3) is 5.79 Å². The molecule has 3 nitrogen and oxygen atoms in total. The van der Waals surface area contributed by atoms with E-state index in [1.54, 1.807) is 0 Å². The van der Waals surface area contributed by atoms with Crippen LogP contribution in [0.25, 0.3) is 0 Å². The summed E-state index contributed by atoms with van der Waals surface area (Å²) >= 11 is 0. The lowest BCUT2D eigenvalue weighted by Crippen LogP contribution is -2.48. The van der Waals surface area contributed by atoms with Crippen LogP contribution in [-0.4, -0.2) is 32.5 Å². The van der Waals surface area contributed by atoms with Gasteiger partial charge in [-0.2, -0.15) is 13.2 Å². The van der Waals surface area contributed by atoms with Crippen molar-refractivity contribution in [2.24, 2.45) is 0 Å². The molecule has 0 rings (SSSR count). The molecule has 6 heteroatoms. The number of carbonyl (C=O) groups excluding carboxylic acids is 1. The fourth-order valence-corrected chi connectivity index (χ4v) is 0.707. The van der Waals surface area contributed by atoms with E-state index in [0.717, 1.165) is 14.2 Å². The van der Waals surface area contributed by atoms with Crippen molar-refractivity contribution in [3.8, 4) is 0 Å². The number of hydrogen-bond acceptors (Lipinski definition) is 3. The van der Waals surface area contributed by atoms with E-state index in [-0.39, 0.29) is 6.29 Å². The van der Waals surface area contributed by atoms with E-state index in [4.69, 9.17) is 0 Å². The van der Waals surface area contributed by atoms with Gasteiger partial charge in [0.2, 0.25) is 0 Å². The van der Waals surface area contributed by atoms with E-state index in [0.29, 0.717) is 0 Å². The molecule has 0 saturated carbocycles. The number of ether oxygens (including phenoxy) is 2. The minimum absolute atomic E-state index is 0.0977. The van der Waals surface area contributed by atoms with Crippen molar-refractivity contribution in [2.75, 3.05) is 14.2 Å². The van der Waals surface area contributed by atoms with Crippen LogP contribution in [0.15, 0.2) is 0 Å². The third-order valence-electron chi connectivity index (χ3n) is 1.44. The first-order valence-electron chi connectivity index (χ1n) is 3.04. The number of rotatable bonds is 4. The molecule has 0 aromatic heterocycles. The quantitative estimate of drug-likeness (QED) is 0.487. The molecule has 12 heavy (non-hydrogen) atoms. The highest BCUT2D eigenvalue weighted by atomic mass is 19.4. The predicted molar refractivity (Wildman–Crippen MR) is 33.5 cm³/mol. The zero-order valence-electron chi connectivity index (χ0n) is 6.64. The lowest BCUT2D eigenvalue weighted by molar-refractivity contribution is -0.364. The van der Waals surface area contributed by atoms with E-state index in [2.05, 4.69) is 9.47 Å². The van der Waals surface area contributed by atoms with E-state index < -0.39 is 18.4 Å². The second-order valence-corrected chi connectivity index (χ2v) is 2.03. The average molecular weight is 186 g/mol. The van der Waals surface area contributed by atoms with Gasteiger partial charge in [-0.25, -0.2) is 0 Å². The molecule has 0 aliphatic heterocycles. The SMILES string of the molecule is COC(CC=O)(OC)C(F)(F)F. The normalized spacial score (nSPS) is 13.1. The second-order valence-electron chi connectivity index (χ2n) is 2.03. The summed E-state index contributed by atoms with van der Waals surface area (Å²) in [5, 5.41) is 0. The molecule has 0 aromatic carbocycles. The summed E-state index contributed by atoms with van der Waals surface area (Å²) in [7, 11) is 1.67. The zero-order chi connectivity index (χ0) is 9.83. The summed E-state index contributed by atoms with van der Waals surface area (Å²) in [4.78, 5) is 9.92. The summed E-state index contributed by atoms with van der Waals surface area (Å²) in [6, 6.07) is 0. The van der Waals surface area contributed by atoms with Crippen molar-refractivity contribution < 1.29 is 27.4 Å². The van der Waals surface area contributed by atoms with Crippen LogP contribution < -0.4 is 0 Å². The highest BCUT2D eigenvalue weighted by Gasteiger charge is 2.56. The Hall–Kier alpha value is -0.620. The number of carbonyl (C=O) groups is 1. The standard InChI is InChI=1S/C6H9F3O3/c1-11-5(12-2,3-4-10)6(7,8)9/h4H,3H2,1-2H3. The van der Waals surface area contributed by atoms with Crippen LogP contribution in [0.1, 0.15) is 6.42 Å². The number of aldehydes is 1. The monoisotopic (exact) mass is 186 g/mol. The molecule has 0 amide bonds. The van der Waals surface area contributed by atoms with Crippen molar-refractivity contribution >= 4 is 6.29 Å². The van der Waals surface area contributed by atoms with Gasteiger partial charge in [-0.05, 0) is 0 Å². The van der Waals surface area contributed by atoms with Gasteiger partial charge in [-0.15, -0.1) is 0 Å². The Kier molecular flexibility index (Phi) is 3.66. The molecule has 0 aliphatic rings. The van der Waals surface area contributed by atoms with E-state index in [9.17, 15) is 18.0 Å². The molecule has 0 saturated heterocycles. The molecule has 0 bridgehead atoms. The smallest absolute Gasteiger partial charge is 0.346 e. The van der Waals surface area contributed by atoms with Gasteiger partial charge < -0.3 is 14.3 Å². The topological polar surface area (TPSA) is 35.5 Å². The van der Waals surface area contributed by atoms with Crippen LogP contribution in [0, 0.1) is 0 Å². The van der Waals surface area contributed by atoms with Gasteiger partial charge in [0, 0.05) is 14.2 Å². The van der Waals surface area contributed by atoms with Crippen molar-refractivity contribution in [3.05, 3.63) is 0 Å². The Bertz CT molecular complexity index is 151. The molecule has 0 fully saturated rings. The lowest BCUT2D eigenvalue weighted by Gasteiger charge is -2.30. The summed E-state index contributed by atoms with van der Waals surface area (Å²) in [6.07, 6.45) is -5.48. The van der Waals surface area contributed by atoms with Crippen LogP contribution in [-0.2, 0) is 14.3 Å². The summed E-state index contributed by atoms with van der Waals surface area (Å²) in [5.41, 5.74) is 0. The van der Waals surface area contributed by atoms with Gasteiger partial charge in [0.1, 0.15) is 6.29 Å². The molecule has 0 heterocycles. The van der Waals surface area contributed by atoms with Crippen LogP contribution in [0.5, 0.6) is 0 Å². The molecular formula is C6H9F3O3. The van der Waals surface area contributed by atoms with Crippen molar-refractivity contribution in [1.29, 1.82) is 0 Å². The Morgan fingerprint density at radius 3 is 1.75 bits per heavy atom. The number of methoxy groups -OCH3 is 2. The van der Waals surface area contributed by atoms with Crippen LogP contribution in [0.3, 0.4) is 0 Å². The molecule has 0 spiro atoms. The molecular weight excluding hydrogens is 177 g/mol. The van der Waals surface area contributed by atoms with Gasteiger partial charge in [0.05, 0.1) is 6.42 Å². The molecule has 0 radical (unpaired) electrons. The largest absolute Gasteiger partial charge is 0.443 e. The van der Waals surface area contributed by atoms with Crippen LogP contribution in [0.4, 0.5) is 13.2 Å². The number of alkyl halides is 3. The fraction of sp³-hybridized carbons (Fsp3) is 0.833. The van der Waals surface area contributed by atoms with Crippen molar-refractivity contribution in [3.63, 3.8) is 0 Å². The molecule has 0 atom stereocenters. The summed E-state index contributed by atoms with van der Waals surface area (Å²) < 4.78 is 44.7. The first-order valence-corrected chi connectivity index (χ1v) is 3.04. The maximum atomic E-state index is 12.2. The van der Waals surface area contributed by atoms with Gasteiger partial charge >= 0.3 is 6.18 Å². The molecule has 0 aromatic rings. The molecule has 72 valence electrons. The Morgan fingerprint density at radius 2 is 1.67 bits per heavy atom. The minimum atomic E-state index is -4.71. The number of halogens is 3. The highest BCUT2D eigenvalue weighted by Crippen LogP contribution is 2.35. The van der Waals surface area contributed by atoms with Gasteiger partial charge in [0.15, 0.2) is 0 Å². The van der Waals surface area contributed by atoms with Crippen molar-refractivity contribution in [2.45, 2.75) is 18.4 Å². The summed E-state index contributed by atoms with van der Waals surface area (Å²) in [6.45, 7) is 0. The van der Waals surface area contributed by atoms with Crippen LogP contribution in [0.2, 0.25) is 0 Å². The van der Waals surface area contributed by atoms with E-state index in [1.165, 1.54) is 0 Å². The third-order valence-corrected chi connectivity index (χ3v) is 1.44. The zero-order valence-corrected chi connectivity index (χ0v) is 6.64. The second kappa shape index (κ2) is 3.86. The first kappa shape index (κ1) is 11.4. The third kappa shape index (κ3) is 1.95. The lowest BCUT2D eigenvalue weighted by atomic mass is 10.2. The predicted octanol–water partition coefficient (Wildman–Crippen LogP) is 1.13. The maximum Gasteiger partial charge on any atom is 0.443 e. The fourth-order valence-electron chi connectivity index (χ4n) is 0.707. The maximum absolute atomic E-state index is 12.2. The molecule has 0 N–H and O–H groups in total. The molecule has 0 aliphatic carbocycles. The molecule has 0 unspecified atom stereocenters. The van der Waals surface area contributed by atoms with Gasteiger partial charge in [-0.3, -0.25) is 0 Å². The van der Waals surface area contributed by atoms with Gasteiger partial charge in [-0.1, -0.05) is 0 Å². The highest BCUT2D eigenvalue weighted by molar-refractivity contribution is 5.51. The van der Waals surface area contributed by atoms with E-state index >= 15 is 0 Å². The average Bonchev–Trinajstić information content (AvgIpc) is 1.98. The first-order chi connectivity index (χ1) is 5.43. The van der Waals surface area contributed by atoms with Crippen LogP contribution >= 0.6 is 0 Å². The minimum Gasteiger partial charge on any atom is -0.346 e. The Balaban J connectivity index is 4.68. The van der Waals surface area contributed by atoms with Crippen molar-refractivity contribution in [1.82, 2.24) is 0 Å². The number of hydrogen-bond donors (Lipinski definition) is 0.